The molecule has 39 heavy (non-hydrogen) atoms. The molecular weight excluding hydrogens is 551 g/mol. The summed E-state index contributed by atoms with van der Waals surface area (Å²) in [6.45, 7) is 0.349. The van der Waals surface area contributed by atoms with Gasteiger partial charge >= 0.3 is 11.9 Å². The van der Waals surface area contributed by atoms with Crippen LogP contribution >= 0.6 is 24.8 Å². The van der Waals surface area contributed by atoms with Gasteiger partial charge in [0, 0.05) is 19.2 Å². The number of ether oxygens (including phenoxy) is 4. The molecule has 0 bridgehead atoms. The Balaban J connectivity index is 0.00000722. The van der Waals surface area contributed by atoms with Crippen LogP contribution in [0, 0.1) is 0 Å². The van der Waals surface area contributed by atoms with Gasteiger partial charge in [0.1, 0.15) is 5.76 Å². The Morgan fingerprint density at radius 3 is 1.59 bits per heavy atom. The maximum absolute atomic E-state index is 12.2. The van der Waals surface area contributed by atoms with Crippen LogP contribution in [0.2, 0.25) is 0 Å². The van der Waals surface area contributed by atoms with Gasteiger partial charge in [-0.2, -0.15) is 0 Å². The fourth-order valence-corrected chi connectivity index (χ4v) is 2.93. The molecule has 5 N–H and O–H groups in total. The average molecular weight is 583 g/mol. The second kappa shape index (κ2) is 18.4. The van der Waals surface area contributed by atoms with E-state index in [2.05, 4.69) is 0 Å². The topological polar surface area (TPSA) is 160 Å². The molecule has 0 heterocycles. The number of hydrogen-bond acceptors (Lipinski definition) is 10. The van der Waals surface area contributed by atoms with E-state index in [4.69, 9.17) is 30.4 Å². The molecule has 2 aromatic rings. The summed E-state index contributed by atoms with van der Waals surface area (Å²) in [5.74, 6) is -0.555. The van der Waals surface area contributed by atoms with Crippen molar-refractivity contribution in [3.63, 3.8) is 0 Å². The predicted molar refractivity (Wildman–Crippen MR) is 153 cm³/mol. The number of esters is 2. The molecule has 0 atom stereocenters. The highest BCUT2D eigenvalue weighted by Crippen LogP contribution is 2.30. The Hall–Kier alpha value is -3.83. The van der Waals surface area contributed by atoms with E-state index in [-0.39, 0.29) is 68.0 Å². The minimum atomic E-state index is -0.478. The lowest BCUT2D eigenvalue weighted by atomic mass is 10.1. The van der Waals surface area contributed by atoms with Crippen molar-refractivity contribution < 1.29 is 38.4 Å². The lowest BCUT2D eigenvalue weighted by Gasteiger charge is -2.09. The van der Waals surface area contributed by atoms with Gasteiger partial charge in [0.25, 0.3) is 0 Å². The molecule has 10 nitrogen and oxygen atoms in total. The molecule has 0 spiro atoms. The zero-order valence-corrected chi connectivity index (χ0v) is 23.1. The van der Waals surface area contributed by atoms with Crippen molar-refractivity contribution in [2.24, 2.45) is 11.5 Å². The van der Waals surface area contributed by atoms with Crippen LogP contribution in [0.15, 0.2) is 60.4 Å². The summed E-state index contributed by atoms with van der Waals surface area (Å²) in [4.78, 5) is 35.5. The fraction of sp³-hybridized carbons (Fsp3) is 0.222. The number of aliphatic hydroxyl groups is 1. The third kappa shape index (κ3) is 12.1. The molecule has 0 aliphatic carbocycles. The van der Waals surface area contributed by atoms with Crippen LogP contribution in [0.4, 0.5) is 0 Å². The highest BCUT2D eigenvalue weighted by Gasteiger charge is 2.11. The van der Waals surface area contributed by atoms with E-state index in [0.717, 1.165) is 6.08 Å². The Morgan fingerprint density at radius 1 is 0.744 bits per heavy atom. The van der Waals surface area contributed by atoms with Crippen LogP contribution in [0.1, 0.15) is 24.0 Å². The van der Waals surface area contributed by atoms with Crippen molar-refractivity contribution in [2.45, 2.75) is 12.8 Å². The number of nitrogens with two attached hydrogens (primary N) is 2. The van der Waals surface area contributed by atoms with Crippen LogP contribution in [0.5, 0.6) is 23.0 Å². The highest BCUT2D eigenvalue weighted by molar-refractivity contribution is 6.02. The third-order valence-electron chi connectivity index (χ3n) is 4.70. The smallest absolute Gasteiger partial charge is 0.312 e. The van der Waals surface area contributed by atoms with Crippen LogP contribution in [-0.4, -0.2) is 50.1 Å². The number of halogens is 2. The second-order valence-corrected chi connectivity index (χ2v) is 7.48. The van der Waals surface area contributed by atoms with Gasteiger partial charge in [-0.1, -0.05) is 24.3 Å². The molecule has 0 radical (unpaired) electrons. The number of hydrogen-bond donors (Lipinski definition) is 3. The molecule has 2 rings (SSSR count). The molecule has 2 aromatic carbocycles. The fourth-order valence-electron chi connectivity index (χ4n) is 2.93. The molecule has 0 aliphatic heterocycles. The van der Waals surface area contributed by atoms with Gasteiger partial charge in [0.05, 0.1) is 27.1 Å². The number of carbonyl (C=O) groups is 3. The Labute approximate surface area is 239 Å². The lowest BCUT2D eigenvalue weighted by molar-refractivity contribution is -0.135. The number of ketones is 1. The van der Waals surface area contributed by atoms with Crippen molar-refractivity contribution in [1.82, 2.24) is 0 Å². The first-order valence-corrected chi connectivity index (χ1v) is 11.3. The van der Waals surface area contributed by atoms with E-state index >= 15 is 0 Å². The van der Waals surface area contributed by atoms with Gasteiger partial charge in [-0.15, -0.1) is 24.8 Å². The molecule has 0 amide bonds. The van der Waals surface area contributed by atoms with E-state index in [1.54, 1.807) is 42.5 Å². The van der Waals surface area contributed by atoms with Crippen LogP contribution in [0.3, 0.4) is 0 Å². The standard InChI is InChI=1S/C27H30N2O8.2ClH/c1-34-24-15-18(5-9-22(24)36-26(32)11-13-28)3-7-20(30)17-21(31)8-4-19-6-10-23(25(16-19)35-2)37-27(33)12-14-29;;/h3-10,15-17,30H,11-14,28-29H2,1-2H3;2*1H/b7-3+,8-4+,20-17-;;. The number of benzene rings is 2. The largest absolute Gasteiger partial charge is 0.508 e. The molecule has 0 saturated carbocycles. The summed E-state index contributed by atoms with van der Waals surface area (Å²) in [7, 11) is 2.86. The van der Waals surface area contributed by atoms with E-state index in [9.17, 15) is 19.5 Å². The molecule has 0 aliphatic rings. The number of methoxy groups -OCH3 is 2. The Morgan fingerprint density at radius 2 is 1.18 bits per heavy atom. The SMILES string of the molecule is COc1cc(/C=C/C(=O)/C=C(O)/C=C/c2ccc(OC(=O)CCN)c(OC)c2)ccc1OC(=O)CCN.Cl.Cl. The van der Waals surface area contributed by atoms with E-state index in [1.165, 1.54) is 32.4 Å². The van der Waals surface area contributed by atoms with Gasteiger partial charge in [-0.3, -0.25) is 14.4 Å². The molecule has 0 aromatic heterocycles. The Bertz CT molecular complexity index is 1210. The first-order chi connectivity index (χ1) is 17.8. The van der Waals surface area contributed by atoms with Gasteiger partial charge in [-0.25, -0.2) is 0 Å². The zero-order valence-electron chi connectivity index (χ0n) is 21.5. The summed E-state index contributed by atoms with van der Waals surface area (Å²) in [6.07, 6.45) is 6.91. The summed E-state index contributed by atoms with van der Waals surface area (Å²) in [5.41, 5.74) is 11.9. The molecule has 0 saturated heterocycles. The lowest BCUT2D eigenvalue weighted by Crippen LogP contribution is -2.14. The quantitative estimate of drug-likeness (QED) is 0.104. The van der Waals surface area contributed by atoms with E-state index in [1.807, 2.05) is 0 Å². The van der Waals surface area contributed by atoms with Crippen molar-refractivity contribution >= 4 is 54.7 Å². The molecule has 12 heteroatoms. The van der Waals surface area contributed by atoms with Crippen molar-refractivity contribution in [3.05, 3.63) is 71.5 Å². The number of allylic oxidation sites excluding steroid dienone is 3. The van der Waals surface area contributed by atoms with Crippen molar-refractivity contribution in [3.8, 4) is 23.0 Å². The van der Waals surface area contributed by atoms with Crippen LogP contribution in [0.25, 0.3) is 12.2 Å². The van der Waals surface area contributed by atoms with Crippen molar-refractivity contribution in [1.29, 1.82) is 0 Å². The van der Waals surface area contributed by atoms with Gasteiger partial charge in [-0.05, 0) is 47.5 Å². The predicted octanol–water partition coefficient (Wildman–Crippen LogP) is 3.79. The first kappa shape index (κ1) is 35.2. The van der Waals surface area contributed by atoms with Crippen molar-refractivity contribution in [2.75, 3.05) is 27.3 Å². The average Bonchev–Trinajstić information content (AvgIpc) is 2.87. The maximum atomic E-state index is 12.2. The zero-order chi connectivity index (χ0) is 27.2. The normalized spacial score (nSPS) is 10.9. The summed E-state index contributed by atoms with van der Waals surface area (Å²) < 4.78 is 20.9. The monoisotopic (exact) mass is 582 g/mol. The molecule has 0 fully saturated rings. The summed E-state index contributed by atoms with van der Waals surface area (Å²) in [6, 6.07) is 9.62. The number of aliphatic hydroxyl groups excluding tert-OH is 1. The van der Waals surface area contributed by atoms with E-state index < -0.39 is 17.7 Å². The van der Waals surface area contributed by atoms with Gasteiger partial charge < -0.3 is 35.5 Å². The number of rotatable bonds is 13. The number of carbonyl (C=O) groups excluding carboxylic acids is 3. The minimum absolute atomic E-state index is 0. The van der Waals surface area contributed by atoms with E-state index in [0.29, 0.717) is 22.6 Å². The van der Waals surface area contributed by atoms with Gasteiger partial charge in [0.2, 0.25) is 0 Å². The van der Waals surface area contributed by atoms with Gasteiger partial charge in [0.15, 0.2) is 28.8 Å². The summed E-state index contributed by atoms with van der Waals surface area (Å²) >= 11 is 0. The highest BCUT2D eigenvalue weighted by atomic mass is 35.5. The molecule has 0 unspecified atom stereocenters. The molecule has 212 valence electrons. The van der Waals surface area contributed by atoms with Crippen LogP contribution < -0.4 is 30.4 Å². The maximum Gasteiger partial charge on any atom is 0.312 e. The first-order valence-electron chi connectivity index (χ1n) is 11.3. The molecular formula is C27H32Cl2N2O8. The Kier molecular flexibility index (Phi) is 16.6. The third-order valence-corrected chi connectivity index (χ3v) is 4.70. The van der Waals surface area contributed by atoms with Crippen LogP contribution in [-0.2, 0) is 14.4 Å². The minimum Gasteiger partial charge on any atom is -0.508 e. The summed E-state index contributed by atoms with van der Waals surface area (Å²) in [5, 5.41) is 10.1. The second-order valence-electron chi connectivity index (χ2n) is 7.48.